The van der Waals surface area contributed by atoms with Crippen molar-refractivity contribution < 1.29 is 23.9 Å². The molecule has 3 aromatic rings. The number of amides is 2. The first-order valence-electron chi connectivity index (χ1n) is 8.54. The molecule has 0 saturated carbocycles. The van der Waals surface area contributed by atoms with Gasteiger partial charge in [0.1, 0.15) is 0 Å². The van der Waals surface area contributed by atoms with Crippen molar-refractivity contribution in [1.82, 2.24) is 9.78 Å². The fourth-order valence-corrected chi connectivity index (χ4v) is 2.48. The van der Waals surface area contributed by atoms with Gasteiger partial charge in [-0.2, -0.15) is 5.10 Å². The molecule has 3 rings (SSSR count). The van der Waals surface area contributed by atoms with E-state index in [4.69, 9.17) is 15.2 Å². The molecule has 1 heterocycles. The second kappa shape index (κ2) is 8.70. The molecule has 3 N–H and O–H groups in total. The molecule has 0 atom stereocenters. The number of para-hydroxylation sites is 1. The summed E-state index contributed by atoms with van der Waals surface area (Å²) < 4.78 is 11.7. The Morgan fingerprint density at radius 3 is 2.38 bits per heavy atom. The minimum Gasteiger partial charge on any atom is -0.493 e. The zero-order valence-electron chi connectivity index (χ0n) is 15.5. The third kappa shape index (κ3) is 4.78. The maximum atomic E-state index is 12.3. The van der Waals surface area contributed by atoms with Crippen LogP contribution in [0.15, 0.2) is 60.8 Å². The van der Waals surface area contributed by atoms with Gasteiger partial charge in [-0.15, -0.1) is 0 Å². The number of anilines is 1. The van der Waals surface area contributed by atoms with E-state index in [1.54, 1.807) is 6.20 Å². The fourth-order valence-electron chi connectivity index (χ4n) is 2.48. The maximum Gasteiger partial charge on any atom is 0.363 e. The van der Waals surface area contributed by atoms with E-state index in [1.807, 2.05) is 30.3 Å². The summed E-state index contributed by atoms with van der Waals surface area (Å²) in [5.41, 5.74) is 6.60. The number of aromatic nitrogens is 2. The number of primary amides is 1. The number of methoxy groups -OCH3 is 1. The van der Waals surface area contributed by atoms with Gasteiger partial charge < -0.3 is 20.5 Å². The molecular weight excluding hydrogens is 376 g/mol. The van der Waals surface area contributed by atoms with Crippen molar-refractivity contribution in [2.75, 3.05) is 19.0 Å². The molecule has 0 radical (unpaired) electrons. The fraction of sp³-hybridized carbons (Fsp3) is 0.100. The summed E-state index contributed by atoms with van der Waals surface area (Å²) in [6.07, 6.45) is 1.55. The van der Waals surface area contributed by atoms with Crippen molar-refractivity contribution in [1.29, 1.82) is 0 Å². The van der Waals surface area contributed by atoms with Crippen LogP contribution >= 0.6 is 0 Å². The molecule has 29 heavy (non-hydrogen) atoms. The van der Waals surface area contributed by atoms with Gasteiger partial charge in [-0.1, -0.05) is 18.2 Å². The molecule has 0 spiro atoms. The number of hydrogen-bond acceptors (Lipinski definition) is 6. The van der Waals surface area contributed by atoms with Gasteiger partial charge in [-0.3, -0.25) is 9.59 Å². The van der Waals surface area contributed by atoms with Gasteiger partial charge in [0.15, 0.2) is 12.4 Å². The van der Waals surface area contributed by atoms with Crippen LogP contribution in [-0.4, -0.2) is 41.3 Å². The lowest BCUT2D eigenvalue weighted by Crippen LogP contribution is -2.21. The van der Waals surface area contributed by atoms with E-state index in [0.29, 0.717) is 11.3 Å². The lowest BCUT2D eigenvalue weighted by molar-refractivity contribution is -0.119. The number of esters is 1. The average molecular weight is 394 g/mol. The highest BCUT2D eigenvalue weighted by Gasteiger charge is 2.21. The second-order valence-corrected chi connectivity index (χ2v) is 5.89. The number of nitrogens with two attached hydrogens (primary N) is 1. The van der Waals surface area contributed by atoms with Gasteiger partial charge in [0.2, 0.25) is 11.6 Å². The summed E-state index contributed by atoms with van der Waals surface area (Å²) >= 11 is 0. The van der Waals surface area contributed by atoms with Crippen LogP contribution in [0.25, 0.3) is 5.69 Å². The molecule has 0 aliphatic carbocycles. The molecule has 0 unspecified atom stereocenters. The normalized spacial score (nSPS) is 10.2. The first kappa shape index (κ1) is 19.6. The Morgan fingerprint density at radius 1 is 1.07 bits per heavy atom. The summed E-state index contributed by atoms with van der Waals surface area (Å²) in [5, 5.41) is 6.73. The van der Waals surface area contributed by atoms with Crippen LogP contribution in [0.4, 0.5) is 5.69 Å². The molecule has 0 fully saturated rings. The molecule has 0 aliphatic rings. The first-order chi connectivity index (χ1) is 14.0. The summed E-state index contributed by atoms with van der Waals surface area (Å²) in [6, 6.07) is 15.2. The Balaban J connectivity index is 1.62. The summed E-state index contributed by atoms with van der Waals surface area (Å²) in [5.74, 6) is -1.69. The molecule has 9 nitrogen and oxygen atoms in total. The van der Waals surface area contributed by atoms with Gasteiger partial charge >= 0.3 is 5.97 Å². The predicted molar refractivity (Wildman–Crippen MR) is 104 cm³/mol. The zero-order chi connectivity index (χ0) is 20.8. The third-order valence-electron chi connectivity index (χ3n) is 3.90. The monoisotopic (exact) mass is 394 g/mol. The van der Waals surface area contributed by atoms with Gasteiger partial charge in [0, 0.05) is 11.3 Å². The number of carbonyl (C=O) groups excluding carboxylic acids is 3. The van der Waals surface area contributed by atoms with E-state index in [1.165, 1.54) is 36.1 Å². The molecule has 0 aliphatic heterocycles. The summed E-state index contributed by atoms with van der Waals surface area (Å²) in [4.78, 5) is 35.4. The van der Waals surface area contributed by atoms with Crippen LogP contribution in [0.3, 0.4) is 0 Å². The van der Waals surface area contributed by atoms with E-state index < -0.39 is 24.4 Å². The van der Waals surface area contributed by atoms with Crippen molar-refractivity contribution in [3.63, 3.8) is 0 Å². The van der Waals surface area contributed by atoms with Crippen molar-refractivity contribution in [2.45, 2.75) is 0 Å². The lowest BCUT2D eigenvalue weighted by Gasteiger charge is -2.06. The number of benzene rings is 2. The topological polar surface area (TPSA) is 126 Å². The Labute approximate surface area is 166 Å². The number of ether oxygens (including phenoxy) is 2. The van der Waals surface area contributed by atoms with Crippen molar-refractivity contribution >= 4 is 23.5 Å². The van der Waals surface area contributed by atoms with Crippen molar-refractivity contribution in [3.05, 3.63) is 72.1 Å². The molecule has 148 valence electrons. The zero-order valence-corrected chi connectivity index (χ0v) is 15.5. The highest BCUT2D eigenvalue weighted by Crippen LogP contribution is 2.20. The SMILES string of the molecule is COc1cn(-c2ccccc2)nc1C(=O)OCC(=O)Nc1ccc(C(N)=O)cc1. The van der Waals surface area contributed by atoms with E-state index in [-0.39, 0.29) is 11.4 Å². The highest BCUT2D eigenvalue weighted by molar-refractivity contribution is 5.97. The minimum atomic E-state index is -0.796. The van der Waals surface area contributed by atoms with Gasteiger partial charge in [-0.05, 0) is 36.4 Å². The Morgan fingerprint density at radius 2 is 1.76 bits per heavy atom. The number of nitrogens with zero attached hydrogens (tertiary/aromatic N) is 2. The quantitative estimate of drug-likeness (QED) is 0.588. The molecule has 2 amide bonds. The molecule has 9 heteroatoms. The third-order valence-corrected chi connectivity index (χ3v) is 3.90. The van der Waals surface area contributed by atoms with Gasteiger partial charge in [0.05, 0.1) is 19.0 Å². The van der Waals surface area contributed by atoms with Crippen LogP contribution in [0.5, 0.6) is 5.75 Å². The first-order valence-corrected chi connectivity index (χ1v) is 8.54. The second-order valence-electron chi connectivity index (χ2n) is 5.89. The van der Waals surface area contributed by atoms with Gasteiger partial charge in [-0.25, -0.2) is 9.48 Å². The van der Waals surface area contributed by atoms with E-state index in [2.05, 4.69) is 10.4 Å². The minimum absolute atomic E-state index is 0.0463. The molecule has 0 bridgehead atoms. The summed E-state index contributed by atoms with van der Waals surface area (Å²) in [6.45, 7) is -0.516. The van der Waals surface area contributed by atoms with Gasteiger partial charge in [0.25, 0.3) is 5.91 Å². The Hall–Kier alpha value is -4.14. The lowest BCUT2D eigenvalue weighted by atomic mass is 10.2. The number of nitrogens with one attached hydrogen (secondary N) is 1. The van der Waals surface area contributed by atoms with Crippen LogP contribution < -0.4 is 15.8 Å². The smallest absolute Gasteiger partial charge is 0.363 e. The van der Waals surface area contributed by atoms with Crippen LogP contribution in [-0.2, 0) is 9.53 Å². The van der Waals surface area contributed by atoms with Crippen molar-refractivity contribution in [3.8, 4) is 11.4 Å². The Bertz CT molecular complexity index is 1030. The molecule has 0 saturated heterocycles. The standard InChI is InChI=1S/C20H18N4O5/c1-28-16-11-24(15-5-3-2-4-6-15)23-18(16)20(27)29-12-17(25)22-14-9-7-13(8-10-14)19(21)26/h2-11H,12H2,1H3,(H2,21,26)(H,22,25). The van der Waals surface area contributed by atoms with E-state index in [9.17, 15) is 14.4 Å². The van der Waals surface area contributed by atoms with Crippen LogP contribution in [0.2, 0.25) is 0 Å². The maximum absolute atomic E-state index is 12.3. The number of carbonyl (C=O) groups is 3. The van der Waals surface area contributed by atoms with Crippen LogP contribution in [0.1, 0.15) is 20.8 Å². The number of rotatable bonds is 7. The van der Waals surface area contributed by atoms with E-state index in [0.717, 1.165) is 5.69 Å². The van der Waals surface area contributed by atoms with E-state index >= 15 is 0 Å². The molecule has 2 aromatic carbocycles. The average Bonchev–Trinajstić information content (AvgIpc) is 3.18. The Kier molecular flexibility index (Phi) is 5.88. The largest absolute Gasteiger partial charge is 0.493 e. The highest BCUT2D eigenvalue weighted by atomic mass is 16.5. The predicted octanol–water partition coefficient (Wildman–Crippen LogP) is 1.78. The summed E-state index contributed by atoms with van der Waals surface area (Å²) in [7, 11) is 1.41. The van der Waals surface area contributed by atoms with Crippen molar-refractivity contribution in [2.24, 2.45) is 5.73 Å². The molecular formula is C20H18N4O5. The molecule has 1 aromatic heterocycles. The number of hydrogen-bond donors (Lipinski definition) is 2. The van der Waals surface area contributed by atoms with Crippen LogP contribution in [0, 0.1) is 0 Å².